The lowest BCUT2D eigenvalue weighted by atomic mass is 9.81. The van der Waals surface area contributed by atoms with Crippen LogP contribution in [0.25, 0.3) is 10.8 Å². The fourth-order valence-corrected chi connectivity index (χ4v) is 5.78. The molecule has 0 unspecified atom stereocenters. The van der Waals surface area contributed by atoms with Crippen molar-refractivity contribution in [3.63, 3.8) is 0 Å². The number of amides is 1. The van der Waals surface area contributed by atoms with Crippen LogP contribution in [0.3, 0.4) is 0 Å². The third-order valence-electron chi connectivity index (χ3n) is 8.73. The highest BCUT2D eigenvalue weighted by Gasteiger charge is 2.61. The molecule has 0 radical (unpaired) electrons. The zero-order valence-corrected chi connectivity index (χ0v) is 23.7. The third kappa shape index (κ3) is 5.25. The molecule has 4 rings (SSSR count). The van der Waals surface area contributed by atoms with Crippen molar-refractivity contribution in [2.24, 2.45) is 22.7 Å². The van der Waals surface area contributed by atoms with E-state index in [-0.39, 0.29) is 47.4 Å². The smallest absolute Gasteiger partial charge is 0.312 e. The van der Waals surface area contributed by atoms with E-state index in [2.05, 4.69) is 0 Å². The SMILES string of the molecule is CC[C@@H]1C[C@]1(CC(=O)[C@@H]1C[C@@H](Oc2cccc3cc(OC)ccc23)CN1C(=O)[C@@H](C)C(C)(C)C)C(=O)OC. The molecule has 1 aliphatic heterocycles. The van der Waals surface area contributed by atoms with Gasteiger partial charge in [-0.1, -0.05) is 53.2 Å². The van der Waals surface area contributed by atoms with Gasteiger partial charge in [-0.05, 0) is 47.4 Å². The first-order valence-electron chi connectivity index (χ1n) is 13.6. The Balaban J connectivity index is 1.60. The largest absolute Gasteiger partial charge is 0.497 e. The molecule has 0 spiro atoms. The van der Waals surface area contributed by atoms with Crippen LogP contribution in [0, 0.1) is 22.7 Å². The summed E-state index contributed by atoms with van der Waals surface area (Å²) in [6, 6.07) is 11.0. The number of Topliss-reactive ketones (excluding diaryl/α,β-unsaturated/α-hetero) is 1. The van der Waals surface area contributed by atoms with E-state index in [1.807, 2.05) is 71.0 Å². The number of ether oxygens (including phenoxy) is 3. The Morgan fingerprint density at radius 2 is 1.87 bits per heavy atom. The molecule has 2 aliphatic rings. The summed E-state index contributed by atoms with van der Waals surface area (Å²) >= 11 is 0. The minimum atomic E-state index is -0.765. The van der Waals surface area contributed by atoms with Crippen molar-refractivity contribution in [2.75, 3.05) is 20.8 Å². The highest BCUT2D eigenvalue weighted by Crippen LogP contribution is 2.58. The zero-order chi connectivity index (χ0) is 27.8. The van der Waals surface area contributed by atoms with Crippen LogP contribution in [-0.4, -0.2) is 55.5 Å². The van der Waals surface area contributed by atoms with E-state index in [0.29, 0.717) is 25.1 Å². The van der Waals surface area contributed by atoms with Gasteiger partial charge in [0.15, 0.2) is 5.78 Å². The predicted octanol–water partition coefficient (Wildman–Crippen LogP) is 5.43. The standard InChI is InChI=1S/C31H41NO6/c1-8-21-16-31(21,29(35)37-7)17-26(33)25-15-23(18-32(25)28(34)19(2)30(3,4)5)38-27-11-9-10-20-14-22(36-6)12-13-24(20)27/h9-14,19,21,23,25H,8,15-18H2,1-7H3/t19-,21-,23-,25+,31-/m1/s1. The average molecular weight is 524 g/mol. The van der Waals surface area contributed by atoms with Crippen molar-refractivity contribution in [1.82, 2.24) is 4.90 Å². The first kappa shape index (κ1) is 27.9. The van der Waals surface area contributed by atoms with Crippen LogP contribution in [0.5, 0.6) is 11.5 Å². The molecular formula is C31H41NO6. The van der Waals surface area contributed by atoms with Crippen LogP contribution >= 0.6 is 0 Å². The second-order valence-corrected chi connectivity index (χ2v) is 12.0. The second kappa shape index (κ2) is 10.6. The summed E-state index contributed by atoms with van der Waals surface area (Å²) in [6.45, 7) is 10.4. The Bertz CT molecular complexity index is 1220. The molecule has 38 heavy (non-hydrogen) atoms. The third-order valence-corrected chi connectivity index (χ3v) is 8.73. The van der Waals surface area contributed by atoms with Crippen molar-refractivity contribution in [3.8, 4) is 11.5 Å². The van der Waals surface area contributed by atoms with Gasteiger partial charge >= 0.3 is 5.97 Å². The summed E-state index contributed by atoms with van der Waals surface area (Å²) in [5, 5.41) is 1.93. The molecule has 2 aromatic carbocycles. The lowest BCUT2D eigenvalue weighted by Gasteiger charge is -2.33. The van der Waals surface area contributed by atoms with Gasteiger partial charge in [0.1, 0.15) is 17.6 Å². The van der Waals surface area contributed by atoms with Crippen LogP contribution in [0.1, 0.15) is 60.3 Å². The van der Waals surface area contributed by atoms with E-state index in [1.165, 1.54) is 7.11 Å². The minimum Gasteiger partial charge on any atom is -0.497 e. The molecule has 0 N–H and O–H groups in total. The van der Waals surface area contributed by atoms with Crippen LogP contribution in [0.15, 0.2) is 36.4 Å². The molecule has 2 fully saturated rings. The lowest BCUT2D eigenvalue weighted by molar-refractivity contribution is -0.150. The van der Waals surface area contributed by atoms with Gasteiger partial charge in [-0.25, -0.2) is 0 Å². The van der Waals surface area contributed by atoms with Gasteiger partial charge in [0.25, 0.3) is 0 Å². The Morgan fingerprint density at radius 1 is 1.13 bits per heavy atom. The van der Waals surface area contributed by atoms with Gasteiger partial charge in [0, 0.05) is 24.1 Å². The monoisotopic (exact) mass is 523 g/mol. The van der Waals surface area contributed by atoms with E-state index in [4.69, 9.17) is 14.2 Å². The molecule has 0 aromatic heterocycles. The minimum absolute atomic E-state index is 0.0560. The maximum atomic E-state index is 13.8. The number of nitrogens with zero attached hydrogens (tertiary/aromatic N) is 1. The number of hydrogen-bond donors (Lipinski definition) is 0. The number of hydrogen-bond acceptors (Lipinski definition) is 6. The quantitative estimate of drug-likeness (QED) is 0.408. The fraction of sp³-hybridized carbons (Fsp3) is 0.581. The van der Waals surface area contributed by atoms with Gasteiger partial charge in [0.05, 0.1) is 32.2 Å². The van der Waals surface area contributed by atoms with E-state index in [0.717, 1.165) is 22.9 Å². The van der Waals surface area contributed by atoms with Crippen LogP contribution in [-0.2, 0) is 19.1 Å². The van der Waals surface area contributed by atoms with Crippen molar-refractivity contribution < 1.29 is 28.6 Å². The maximum Gasteiger partial charge on any atom is 0.312 e. The number of ketones is 1. The Hall–Kier alpha value is -3.09. The van der Waals surface area contributed by atoms with Gasteiger partial charge in [0.2, 0.25) is 5.91 Å². The van der Waals surface area contributed by atoms with Crippen LogP contribution in [0.4, 0.5) is 0 Å². The highest BCUT2D eigenvalue weighted by molar-refractivity contribution is 5.95. The second-order valence-electron chi connectivity index (χ2n) is 12.0. The number of fused-ring (bicyclic) bond motifs is 1. The van der Waals surface area contributed by atoms with Crippen LogP contribution < -0.4 is 9.47 Å². The van der Waals surface area contributed by atoms with E-state index >= 15 is 0 Å². The zero-order valence-electron chi connectivity index (χ0n) is 23.7. The molecule has 5 atom stereocenters. The van der Waals surface area contributed by atoms with Gasteiger partial charge in [-0.2, -0.15) is 0 Å². The summed E-state index contributed by atoms with van der Waals surface area (Å²) in [5.74, 6) is 0.862. The molecule has 1 saturated heterocycles. The summed E-state index contributed by atoms with van der Waals surface area (Å²) in [4.78, 5) is 41.8. The first-order chi connectivity index (χ1) is 17.9. The molecule has 1 amide bonds. The molecule has 0 bridgehead atoms. The fourth-order valence-electron chi connectivity index (χ4n) is 5.78. The van der Waals surface area contributed by atoms with Crippen LogP contribution in [0.2, 0.25) is 0 Å². The summed E-state index contributed by atoms with van der Waals surface area (Å²) in [5.41, 5.74) is -1.02. The molecule has 1 heterocycles. The van der Waals surface area contributed by atoms with Gasteiger partial charge in [-0.15, -0.1) is 0 Å². The number of rotatable bonds is 9. The first-order valence-corrected chi connectivity index (χ1v) is 13.6. The Labute approximate surface area is 225 Å². The molecule has 7 heteroatoms. The van der Waals surface area contributed by atoms with Gasteiger partial charge < -0.3 is 19.1 Å². The summed E-state index contributed by atoms with van der Waals surface area (Å²) in [6.07, 6.45) is 1.61. The Morgan fingerprint density at radius 3 is 2.47 bits per heavy atom. The highest BCUT2D eigenvalue weighted by atomic mass is 16.5. The van der Waals surface area contributed by atoms with Crippen molar-refractivity contribution in [3.05, 3.63) is 36.4 Å². The van der Waals surface area contributed by atoms with Crippen molar-refractivity contribution >= 4 is 28.4 Å². The molecule has 2 aromatic rings. The number of esters is 1. The van der Waals surface area contributed by atoms with E-state index < -0.39 is 11.5 Å². The molecule has 206 valence electrons. The van der Waals surface area contributed by atoms with E-state index in [9.17, 15) is 14.4 Å². The predicted molar refractivity (Wildman–Crippen MR) is 146 cm³/mol. The summed E-state index contributed by atoms with van der Waals surface area (Å²) in [7, 11) is 3.01. The topological polar surface area (TPSA) is 82.1 Å². The molecule has 1 aliphatic carbocycles. The maximum absolute atomic E-state index is 13.8. The molecular weight excluding hydrogens is 482 g/mol. The number of carbonyl (C=O) groups is 3. The number of methoxy groups -OCH3 is 2. The van der Waals surface area contributed by atoms with Crippen molar-refractivity contribution in [2.45, 2.75) is 72.4 Å². The Kier molecular flexibility index (Phi) is 7.78. The number of likely N-dealkylation sites (tertiary alicyclic amines) is 1. The van der Waals surface area contributed by atoms with Gasteiger partial charge in [-0.3, -0.25) is 14.4 Å². The number of benzene rings is 2. The average Bonchev–Trinajstić information content (AvgIpc) is 3.45. The van der Waals surface area contributed by atoms with E-state index in [1.54, 1.807) is 12.0 Å². The van der Waals surface area contributed by atoms with Crippen molar-refractivity contribution in [1.29, 1.82) is 0 Å². The normalized spacial score (nSPS) is 25.7. The number of carbonyl (C=O) groups excluding carboxylic acids is 3. The molecule has 7 nitrogen and oxygen atoms in total. The molecule has 1 saturated carbocycles. The lowest BCUT2D eigenvalue weighted by Crippen LogP contribution is -2.46. The summed E-state index contributed by atoms with van der Waals surface area (Å²) < 4.78 is 16.9.